The van der Waals surface area contributed by atoms with Gasteiger partial charge >= 0.3 is 6.03 Å². The number of ether oxygens (including phenoxy) is 1. The summed E-state index contributed by atoms with van der Waals surface area (Å²) < 4.78 is 6.23. The van der Waals surface area contributed by atoms with Crippen molar-refractivity contribution in [3.05, 3.63) is 118 Å². The van der Waals surface area contributed by atoms with Gasteiger partial charge in [0.1, 0.15) is 24.4 Å². The lowest BCUT2D eigenvalue weighted by atomic mass is 10.1. The van der Waals surface area contributed by atoms with Crippen LogP contribution in [0.2, 0.25) is 10.0 Å². The number of primary amides is 1. The first kappa shape index (κ1) is 33.2. The van der Waals surface area contributed by atoms with Crippen molar-refractivity contribution in [2.75, 3.05) is 42.4 Å². The Labute approximate surface area is 283 Å². The Hall–Kier alpha value is -5.12. The van der Waals surface area contributed by atoms with Gasteiger partial charge in [0.15, 0.2) is 0 Å². The van der Waals surface area contributed by atoms with Crippen LogP contribution in [-0.4, -0.2) is 49.6 Å². The number of nitrogens with two attached hydrogens (primary N) is 1. The number of aromatic nitrogens is 2. The highest BCUT2D eigenvalue weighted by molar-refractivity contribution is 6.38. The van der Waals surface area contributed by atoms with Gasteiger partial charge in [-0.3, -0.25) is 14.7 Å². The fraction of sp³-hybridized carbons (Fsp3) is 0.167. The average Bonchev–Trinajstić information content (AvgIpc) is 3.06. The number of amides is 3. The molecule has 47 heavy (non-hydrogen) atoms. The molecule has 0 saturated heterocycles. The topological polar surface area (TPSA) is 105 Å². The van der Waals surface area contributed by atoms with Crippen molar-refractivity contribution in [3.8, 4) is 5.75 Å². The summed E-state index contributed by atoms with van der Waals surface area (Å²) in [4.78, 5) is 39.4. The fourth-order valence-electron chi connectivity index (χ4n) is 5.08. The molecular formula is C36H34Cl2N6O3. The number of carbonyl (C=O) groups is 2. The van der Waals surface area contributed by atoms with E-state index < -0.39 is 11.9 Å². The van der Waals surface area contributed by atoms with Crippen molar-refractivity contribution >= 4 is 75.3 Å². The van der Waals surface area contributed by atoms with Gasteiger partial charge in [0.05, 0.1) is 10.7 Å². The normalized spacial score (nSPS) is 11.1. The minimum Gasteiger partial charge on any atom is -0.487 e. The second-order valence-corrected chi connectivity index (χ2v) is 11.8. The van der Waals surface area contributed by atoms with Gasteiger partial charge in [0, 0.05) is 66.6 Å². The molecule has 2 heterocycles. The van der Waals surface area contributed by atoms with Crippen molar-refractivity contribution in [1.82, 2.24) is 9.97 Å². The predicted octanol–water partition coefficient (Wildman–Crippen LogP) is 7.61. The van der Waals surface area contributed by atoms with E-state index in [-0.39, 0.29) is 18.2 Å². The molecule has 5 rings (SSSR count). The maximum atomic E-state index is 13.5. The average molecular weight is 670 g/mol. The standard InChI is InChI=1S/C36H34Cl2N6O3/c1-23-19-31(42(2)3)27-9-6-10-32(35(27)41-23)47-22-28-29(37)13-14-30(34(28)38)43(4)33(45)21-44(36(39)46)26-8-5-7-25(20-26)12-11-24-15-17-40-18-16-24/h5-20H,21-22H2,1-4H3,(H2,39,46)/b12-11+. The predicted molar refractivity (Wildman–Crippen MR) is 192 cm³/mol. The lowest BCUT2D eigenvalue weighted by molar-refractivity contribution is -0.117. The van der Waals surface area contributed by atoms with Gasteiger partial charge in [-0.15, -0.1) is 0 Å². The molecule has 0 aliphatic carbocycles. The zero-order valence-corrected chi connectivity index (χ0v) is 28.0. The number of halogens is 2. The van der Waals surface area contributed by atoms with Gasteiger partial charge in [-0.25, -0.2) is 9.78 Å². The molecule has 2 aromatic heterocycles. The van der Waals surface area contributed by atoms with Crippen LogP contribution in [0.4, 0.5) is 21.9 Å². The van der Waals surface area contributed by atoms with E-state index in [2.05, 4.69) is 4.98 Å². The minimum absolute atomic E-state index is 0.0345. The van der Waals surface area contributed by atoms with E-state index in [0.29, 0.717) is 27.7 Å². The maximum Gasteiger partial charge on any atom is 0.319 e. The Balaban J connectivity index is 1.35. The van der Waals surface area contributed by atoms with Crippen LogP contribution in [0.3, 0.4) is 0 Å². The lowest BCUT2D eigenvalue weighted by Gasteiger charge is -2.25. The van der Waals surface area contributed by atoms with Gasteiger partial charge in [-0.1, -0.05) is 59.6 Å². The number of likely N-dealkylation sites (N-methyl/N-ethyl adjacent to an activating group) is 1. The summed E-state index contributed by atoms with van der Waals surface area (Å²) >= 11 is 13.4. The first-order valence-corrected chi connectivity index (χ1v) is 15.5. The molecule has 3 amide bonds. The number of carbonyl (C=O) groups excluding carboxylic acids is 2. The highest BCUT2D eigenvalue weighted by atomic mass is 35.5. The van der Waals surface area contributed by atoms with Gasteiger partial charge in [-0.05, 0) is 66.6 Å². The van der Waals surface area contributed by atoms with Crippen LogP contribution < -0.4 is 25.2 Å². The van der Waals surface area contributed by atoms with Crippen molar-refractivity contribution in [3.63, 3.8) is 0 Å². The molecular weight excluding hydrogens is 635 g/mol. The Bertz CT molecular complexity index is 1970. The Kier molecular flexibility index (Phi) is 10.3. The summed E-state index contributed by atoms with van der Waals surface area (Å²) in [5, 5.41) is 1.58. The highest BCUT2D eigenvalue weighted by Gasteiger charge is 2.23. The fourth-order valence-corrected chi connectivity index (χ4v) is 5.68. The molecule has 3 aromatic carbocycles. The van der Waals surface area contributed by atoms with E-state index in [9.17, 15) is 9.59 Å². The molecule has 2 N–H and O–H groups in total. The number of aryl methyl sites for hydroxylation is 1. The van der Waals surface area contributed by atoms with Crippen LogP contribution in [0.5, 0.6) is 5.75 Å². The number of anilines is 3. The molecule has 9 nitrogen and oxygen atoms in total. The molecule has 0 aliphatic rings. The lowest BCUT2D eigenvalue weighted by Crippen LogP contribution is -2.44. The Morgan fingerprint density at radius 1 is 0.894 bits per heavy atom. The summed E-state index contributed by atoms with van der Waals surface area (Å²) in [6.45, 7) is 1.65. The summed E-state index contributed by atoms with van der Waals surface area (Å²) in [7, 11) is 5.54. The molecule has 0 spiro atoms. The van der Waals surface area contributed by atoms with Gasteiger partial charge < -0.3 is 20.3 Å². The smallest absolute Gasteiger partial charge is 0.319 e. The molecule has 240 valence electrons. The van der Waals surface area contributed by atoms with Gasteiger partial charge in [0.25, 0.3) is 0 Å². The second-order valence-electron chi connectivity index (χ2n) is 11.1. The van der Waals surface area contributed by atoms with Crippen LogP contribution in [0.1, 0.15) is 22.4 Å². The van der Waals surface area contributed by atoms with Gasteiger partial charge in [-0.2, -0.15) is 0 Å². The molecule has 0 aliphatic heterocycles. The van der Waals surface area contributed by atoms with Crippen molar-refractivity contribution in [1.29, 1.82) is 0 Å². The van der Waals surface area contributed by atoms with E-state index in [1.54, 1.807) is 49.8 Å². The van der Waals surface area contributed by atoms with E-state index in [1.165, 1.54) is 9.80 Å². The molecule has 0 saturated carbocycles. The molecule has 0 atom stereocenters. The molecule has 5 aromatic rings. The summed E-state index contributed by atoms with van der Waals surface area (Å²) in [5.41, 5.74) is 11.5. The Morgan fingerprint density at radius 2 is 1.62 bits per heavy atom. The number of nitrogens with zero attached hydrogens (tertiary/aromatic N) is 5. The third-order valence-electron chi connectivity index (χ3n) is 7.58. The molecule has 0 bridgehead atoms. The SMILES string of the molecule is Cc1cc(N(C)C)c2cccc(OCc3c(Cl)ccc(N(C)C(=O)CN(C(N)=O)c4cccc(/C=C/c5ccncc5)c4)c3Cl)c2n1. The van der Waals surface area contributed by atoms with E-state index in [4.69, 9.17) is 38.7 Å². The summed E-state index contributed by atoms with van der Waals surface area (Å²) in [6.07, 6.45) is 7.25. The number of hydrogen-bond acceptors (Lipinski definition) is 6. The van der Waals surface area contributed by atoms with Crippen LogP contribution in [0.15, 0.2) is 85.2 Å². The highest BCUT2D eigenvalue weighted by Crippen LogP contribution is 2.36. The number of rotatable bonds is 10. The third-order valence-corrected chi connectivity index (χ3v) is 8.36. The molecule has 0 unspecified atom stereocenters. The van der Waals surface area contributed by atoms with Gasteiger partial charge in [0.2, 0.25) is 5.91 Å². The van der Waals surface area contributed by atoms with Crippen LogP contribution in [-0.2, 0) is 11.4 Å². The number of para-hydroxylation sites is 1. The summed E-state index contributed by atoms with van der Waals surface area (Å²) in [5.74, 6) is 0.161. The van der Waals surface area contributed by atoms with Crippen LogP contribution >= 0.6 is 23.2 Å². The number of fused-ring (bicyclic) bond motifs is 1. The number of hydrogen-bond donors (Lipinski definition) is 1. The number of urea groups is 1. The van der Waals surface area contributed by atoms with E-state index >= 15 is 0 Å². The quantitative estimate of drug-likeness (QED) is 0.164. The second kappa shape index (κ2) is 14.5. The third kappa shape index (κ3) is 7.65. The first-order chi connectivity index (χ1) is 22.5. The zero-order valence-electron chi connectivity index (χ0n) is 26.4. The molecule has 0 radical (unpaired) electrons. The maximum absolute atomic E-state index is 13.5. The van der Waals surface area contributed by atoms with E-state index in [1.807, 2.05) is 80.5 Å². The van der Waals surface area contributed by atoms with E-state index in [0.717, 1.165) is 33.4 Å². The number of benzene rings is 3. The minimum atomic E-state index is -0.769. The van der Waals surface area contributed by atoms with Crippen molar-refractivity contribution in [2.24, 2.45) is 5.73 Å². The largest absolute Gasteiger partial charge is 0.487 e. The molecule has 11 heteroatoms. The van der Waals surface area contributed by atoms with Crippen LogP contribution in [0, 0.1) is 6.92 Å². The van der Waals surface area contributed by atoms with Crippen molar-refractivity contribution < 1.29 is 14.3 Å². The Morgan fingerprint density at radius 3 is 2.34 bits per heavy atom. The summed E-state index contributed by atoms with van der Waals surface area (Å²) in [6, 6.07) is 21.3. The number of pyridine rings is 2. The monoisotopic (exact) mass is 668 g/mol. The zero-order chi connectivity index (χ0) is 33.7. The first-order valence-electron chi connectivity index (χ1n) is 14.7. The molecule has 0 fully saturated rings. The van der Waals surface area contributed by atoms with Crippen LogP contribution in [0.25, 0.3) is 23.1 Å². The van der Waals surface area contributed by atoms with Crippen molar-refractivity contribution in [2.45, 2.75) is 13.5 Å².